The standard InChI is InChI=1S/C14H26N2OS/c1-6-7-15-12(14(17-5)10(2)3)8-13-16-11(4)9-18-13/h9-10,12,14-15H,6-8H2,1-5H3. The van der Waals surface area contributed by atoms with E-state index in [1.54, 1.807) is 18.4 Å². The van der Waals surface area contributed by atoms with Crippen LogP contribution in [0.15, 0.2) is 5.38 Å². The fourth-order valence-corrected chi connectivity index (χ4v) is 3.05. The van der Waals surface area contributed by atoms with Crippen molar-refractivity contribution in [2.24, 2.45) is 5.92 Å². The number of thiazole rings is 1. The van der Waals surface area contributed by atoms with Crippen LogP contribution < -0.4 is 5.32 Å². The van der Waals surface area contributed by atoms with E-state index < -0.39 is 0 Å². The topological polar surface area (TPSA) is 34.2 Å². The maximum atomic E-state index is 5.66. The molecule has 1 heterocycles. The number of methoxy groups -OCH3 is 1. The second-order valence-corrected chi connectivity index (χ2v) is 6.03. The minimum absolute atomic E-state index is 0.237. The first-order chi connectivity index (χ1) is 8.58. The van der Waals surface area contributed by atoms with Gasteiger partial charge in [-0.1, -0.05) is 20.8 Å². The van der Waals surface area contributed by atoms with E-state index in [0.717, 1.165) is 25.1 Å². The summed E-state index contributed by atoms with van der Waals surface area (Å²) in [6.45, 7) is 9.69. The van der Waals surface area contributed by atoms with Crippen LogP contribution in [0.4, 0.5) is 0 Å². The van der Waals surface area contributed by atoms with Gasteiger partial charge in [-0.15, -0.1) is 11.3 Å². The van der Waals surface area contributed by atoms with E-state index in [-0.39, 0.29) is 6.10 Å². The van der Waals surface area contributed by atoms with Crippen molar-refractivity contribution < 1.29 is 4.74 Å². The van der Waals surface area contributed by atoms with E-state index in [4.69, 9.17) is 4.74 Å². The number of ether oxygens (including phenoxy) is 1. The number of rotatable bonds is 8. The lowest BCUT2D eigenvalue weighted by Gasteiger charge is -2.29. The highest BCUT2D eigenvalue weighted by molar-refractivity contribution is 7.09. The third-order valence-electron chi connectivity index (χ3n) is 3.04. The van der Waals surface area contributed by atoms with Crippen LogP contribution >= 0.6 is 11.3 Å². The van der Waals surface area contributed by atoms with Gasteiger partial charge < -0.3 is 10.1 Å². The van der Waals surface area contributed by atoms with E-state index >= 15 is 0 Å². The second-order valence-electron chi connectivity index (χ2n) is 5.09. The predicted molar refractivity (Wildman–Crippen MR) is 78.3 cm³/mol. The predicted octanol–water partition coefficient (Wildman–Crippen LogP) is 3.03. The zero-order valence-corrected chi connectivity index (χ0v) is 13.0. The van der Waals surface area contributed by atoms with Gasteiger partial charge in [0.05, 0.1) is 11.1 Å². The van der Waals surface area contributed by atoms with Crippen LogP contribution in [0.3, 0.4) is 0 Å². The van der Waals surface area contributed by atoms with Crippen LogP contribution in [0.25, 0.3) is 0 Å². The average molecular weight is 270 g/mol. The van der Waals surface area contributed by atoms with Crippen LogP contribution in [0, 0.1) is 12.8 Å². The molecule has 0 aliphatic carbocycles. The van der Waals surface area contributed by atoms with E-state index in [1.165, 1.54) is 5.01 Å². The van der Waals surface area contributed by atoms with Crippen molar-refractivity contribution in [2.45, 2.75) is 52.7 Å². The first-order valence-corrected chi connectivity index (χ1v) is 7.63. The van der Waals surface area contributed by atoms with Crippen molar-refractivity contribution in [3.05, 3.63) is 16.1 Å². The van der Waals surface area contributed by atoms with Gasteiger partial charge in [-0.05, 0) is 25.8 Å². The van der Waals surface area contributed by atoms with Gasteiger partial charge in [-0.3, -0.25) is 0 Å². The SMILES string of the molecule is CCCNC(Cc1nc(C)cs1)C(OC)C(C)C. The first-order valence-electron chi connectivity index (χ1n) is 6.75. The van der Waals surface area contributed by atoms with Gasteiger partial charge in [0, 0.05) is 30.6 Å². The van der Waals surface area contributed by atoms with E-state index in [2.05, 4.69) is 36.5 Å². The third-order valence-corrected chi connectivity index (χ3v) is 4.03. The van der Waals surface area contributed by atoms with Gasteiger partial charge in [-0.2, -0.15) is 0 Å². The summed E-state index contributed by atoms with van der Waals surface area (Å²) in [6.07, 6.45) is 2.33. The van der Waals surface area contributed by atoms with Gasteiger partial charge >= 0.3 is 0 Å². The molecule has 2 atom stereocenters. The molecule has 4 heteroatoms. The number of aromatic nitrogens is 1. The molecule has 0 spiro atoms. The summed E-state index contributed by atoms with van der Waals surface area (Å²) in [6, 6.07) is 0.348. The van der Waals surface area contributed by atoms with Crippen molar-refractivity contribution in [3.8, 4) is 0 Å². The van der Waals surface area contributed by atoms with Gasteiger partial charge in [-0.25, -0.2) is 4.98 Å². The lowest BCUT2D eigenvalue weighted by Crippen LogP contribution is -2.45. The summed E-state index contributed by atoms with van der Waals surface area (Å²) in [5, 5.41) is 6.91. The Kier molecular flexibility index (Phi) is 6.82. The first kappa shape index (κ1) is 15.6. The normalized spacial score (nSPS) is 15.0. The maximum Gasteiger partial charge on any atom is 0.0944 e. The van der Waals surface area contributed by atoms with Gasteiger partial charge in [0.2, 0.25) is 0 Å². The molecule has 0 aromatic carbocycles. The van der Waals surface area contributed by atoms with Crippen LogP contribution in [0.1, 0.15) is 37.9 Å². The highest BCUT2D eigenvalue weighted by atomic mass is 32.1. The quantitative estimate of drug-likeness (QED) is 0.788. The number of nitrogens with zero attached hydrogens (tertiary/aromatic N) is 1. The molecule has 0 amide bonds. The lowest BCUT2D eigenvalue weighted by molar-refractivity contribution is 0.0332. The van der Waals surface area contributed by atoms with E-state index in [9.17, 15) is 0 Å². The van der Waals surface area contributed by atoms with Gasteiger partial charge in [0.25, 0.3) is 0 Å². The highest BCUT2D eigenvalue weighted by Crippen LogP contribution is 2.17. The monoisotopic (exact) mass is 270 g/mol. The smallest absolute Gasteiger partial charge is 0.0944 e. The number of hydrogen-bond donors (Lipinski definition) is 1. The van der Waals surface area contributed by atoms with E-state index in [1.807, 2.05) is 6.92 Å². The Balaban J connectivity index is 2.70. The van der Waals surface area contributed by atoms with Crippen molar-refractivity contribution in [3.63, 3.8) is 0 Å². The Hall–Kier alpha value is -0.450. The maximum absolute atomic E-state index is 5.66. The molecule has 0 aliphatic heterocycles. The zero-order valence-electron chi connectivity index (χ0n) is 12.2. The molecule has 1 N–H and O–H groups in total. The Labute approximate surface area is 115 Å². The molecule has 0 fully saturated rings. The average Bonchev–Trinajstić information content (AvgIpc) is 2.72. The molecule has 3 nitrogen and oxygen atoms in total. The molecular weight excluding hydrogens is 244 g/mol. The molecule has 1 aromatic rings. The molecule has 18 heavy (non-hydrogen) atoms. The minimum atomic E-state index is 0.237. The third kappa shape index (κ3) is 4.67. The zero-order chi connectivity index (χ0) is 13.5. The lowest BCUT2D eigenvalue weighted by atomic mass is 9.97. The summed E-state index contributed by atoms with van der Waals surface area (Å²) in [4.78, 5) is 4.56. The summed E-state index contributed by atoms with van der Waals surface area (Å²) < 4.78 is 5.66. The Morgan fingerprint density at radius 2 is 2.17 bits per heavy atom. The van der Waals surface area contributed by atoms with Gasteiger partial charge in [0.15, 0.2) is 0 Å². The van der Waals surface area contributed by atoms with Gasteiger partial charge in [0.1, 0.15) is 0 Å². The second kappa shape index (κ2) is 7.87. The molecule has 104 valence electrons. The molecule has 2 unspecified atom stereocenters. The molecule has 0 saturated heterocycles. The minimum Gasteiger partial charge on any atom is -0.380 e. The molecule has 0 radical (unpaired) electrons. The number of nitrogens with one attached hydrogen (secondary N) is 1. The fraction of sp³-hybridized carbons (Fsp3) is 0.786. The van der Waals surface area contributed by atoms with Crippen molar-refractivity contribution >= 4 is 11.3 Å². The van der Waals surface area contributed by atoms with Crippen molar-refractivity contribution in [1.29, 1.82) is 0 Å². The molecular formula is C14H26N2OS. The van der Waals surface area contributed by atoms with E-state index in [0.29, 0.717) is 12.0 Å². The van der Waals surface area contributed by atoms with Crippen molar-refractivity contribution in [2.75, 3.05) is 13.7 Å². The summed E-state index contributed by atoms with van der Waals surface area (Å²) in [5.41, 5.74) is 1.11. The number of aryl methyl sites for hydroxylation is 1. The Morgan fingerprint density at radius 3 is 2.61 bits per heavy atom. The number of hydrogen-bond acceptors (Lipinski definition) is 4. The van der Waals surface area contributed by atoms with Crippen LogP contribution in [-0.2, 0) is 11.2 Å². The summed E-state index contributed by atoms with van der Waals surface area (Å²) in [7, 11) is 1.80. The molecule has 0 saturated carbocycles. The fourth-order valence-electron chi connectivity index (χ4n) is 2.22. The highest BCUT2D eigenvalue weighted by Gasteiger charge is 2.24. The Bertz CT molecular complexity index is 338. The summed E-state index contributed by atoms with van der Waals surface area (Å²) in [5.74, 6) is 0.505. The largest absolute Gasteiger partial charge is 0.380 e. The van der Waals surface area contributed by atoms with Crippen LogP contribution in [0.2, 0.25) is 0 Å². The van der Waals surface area contributed by atoms with Crippen LogP contribution in [0.5, 0.6) is 0 Å². The molecule has 1 aromatic heterocycles. The van der Waals surface area contributed by atoms with Crippen LogP contribution in [-0.4, -0.2) is 30.8 Å². The molecule has 1 rings (SSSR count). The summed E-state index contributed by atoms with van der Waals surface area (Å²) >= 11 is 1.74. The molecule has 0 bridgehead atoms. The van der Waals surface area contributed by atoms with Crippen molar-refractivity contribution in [1.82, 2.24) is 10.3 Å². The molecule has 0 aliphatic rings. The Morgan fingerprint density at radius 1 is 1.44 bits per heavy atom.